The molecule has 10 rings (SSSR count). The van der Waals surface area contributed by atoms with E-state index in [4.69, 9.17) is 46.1 Å². The number of rotatable bonds is 15. The summed E-state index contributed by atoms with van der Waals surface area (Å²) in [5, 5.41) is 38.5. The molecule has 3 fully saturated rings. The molecule has 3 aliphatic heterocycles. The van der Waals surface area contributed by atoms with Gasteiger partial charge in [-0.1, -0.05) is 88.4 Å². The number of carboxylic acid groups (broad SMARTS) is 1. The van der Waals surface area contributed by atoms with E-state index in [9.17, 15) is 28.8 Å². The molecule has 7 aromatic rings. The third-order valence-electron chi connectivity index (χ3n) is 15.9. The highest BCUT2D eigenvalue weighted by Gasteiger charge is 2.31. The lowest BCUT2D eigenvalue weighted by Gasteiger charge is -2.34. The molecule has 2 amide bonds. The number of ether oxygens (including phenoxy) is 5. The molecule has 25 heteroatoms. The quantitative estimate of drug-likeness (QED) is 0.0285. The standard InChI is InChI=1S/C23H31N3O4.C18H23N3O2.C15H22N2O3.C7H9ClN2O.C7H10N2O2/c1-6-18-15(2)21(25-24-18)19(27)13-16-7-9-17(10-8-16)20-14-26(11-12-29-20)22(28)30-23(3,4)5;1-3-15-12(2)18(21-20-15)16(22)10-13-4-6-14(7-5-13)17-11-19-8-9-23-17;1-15(2,3)20-14(18)17-8-9-19-13(10-17)11-4-6-12(16)7-5-11;1-3-5-4(2)6(7(8)11)10-9-5;1-3-5-4(2)6(7(10)11)9-8-5/h7-10,20H,6,11-14H2,1-5H3,(H,24,25);4-7,17,19H,3,8-11H2,1-2H3,(H,20,21);4-7,13H,8-10,16H2,1-3H3;3H2,1-2H3,(H,9,10);3H2,1-2H3,(H,8,9)(H,10,11). The summed E-state index contributed by atoms with van der Waals surface area (Å²) >= 11 is 5.26. The first-order valence-corrected chi connectivity index (χ1v) is 32.6. The minimum atomic E-state index is -0.974. The van der Waals surface area contributed by atoms with E-state index in [1.54, 1.807) is 16.7 Å². The second kappa shape index (κ2) is 35.3. The summed E-state index contributed by atoms with van der Waals surface area (Å²) in [5.74, 6) is -0.915. The van der Waals surface area contributed by atoms with Crippen molar-refractivity contribution in [1.29, 1.82) is 0 Å². The number of carboxylic acids is 1. The summed E-state index contributed by atoms with van der Waals surface area (Å²) in [7, 11) is 0. The predicted molar refractivity (Wildman–Crippen MR) is 362 cm³/mol. The van der Waals surface area contributed by atoms with Gasteiger partial charge in [0, 0.05) is 89.7 Å². The van der Waals surface area contributed by atoms with Crippen molar-refractivity contribution in [3.63, 3.8) is 0 Å². The molecular formula is C70H95ClN12O12. The maximum absolute atomic E-state index is 12.6. The lowest BCUT2D eigenvalue weighted by atomic mass is 10.0. The van der Waals surface area contributed by atoms with Crippen LogP contribution >= 0.6 is 11.6 Å². The number of nitrogens with zero attached hydrogens (tertiary/aromatic N) is 6. The van der Waals surface area contributed by atoms with Gasteiger partial charge in [0.15, 0.2) is 17.3 Å². The third kappa shape index (κ3) is 22.3. The van der Waals surface area contributed by atoms with Crippen LogP contribution in [0.2, 0.25) is 0 Å². The first-order valence-electron chi connectivity index (χ1n) is 32.2. The number of aromatic amines is 4. The molecular weight excluding hydrogens is 1240 g/mol. The molecule has 7 heterocycles. The van der Waals surface area contributed by atoms with Crippen LogP contribution in [0.5, 0.6) is 0 Å². The Labute approximate surface area is 561 Å². The SMILES string of the molecule is CC(C)(C)OC(=O)N1CCOC(c2ccc(N)cc2)C1.CCc1[nH]nc(C(=O)Cc2ccc(C3CN(C(=O)OC(C)(C)C)CCO3)cc2)c1C.CCc1[nH]nc(C(=O)Cc2ccc(C3CNCCO3)cc2)c1C.CCc1[nH]nc(C(=O)Cl)c1C.CCc1[nH]nc(C(=O)O)c1C. The number of Topliss-reactive ketones (excluding diaryl/α,β-unsaturated/α-hetero) is 2. The van der Waals surface area contributed by atoms with Crippen LogP contribution in [0.4, 0.5) is 15.3 Å². The highest BCUT2D eigenvalue weighted by atomic mass is 35.5. The first-order chi connectivity index (χ1) is 45.0. The topological polar surface area (TPSA) is 328 Å². The number of anilines is 1. The molecule has 24 nitrogen and oxygen atoms in total. The number of H-pyrrole nitrogens is 4. The fraction of sp³-hybridized carbons (Fsp3) is 0.486. The van der Waals surface area contributed by atoms with Gasteiger partial charge >= 0.3 is 18.2 Å². The van der Waals surface area contributed by atoms with E-state index in [0.29, 0.717) is 75.0 Å². The van der Waals surface area contributed by atoms with Crippen molar-refractivity contribution in [2.24, 2.45) is 0 Å². The van der Waals surface area contributed by atoms with Crippen LogP contribution in [0, 0.1) is 27.7 Å². The molecule has 514 valence electrons. The van der Waals surface area contributed by atoms with Gasteiger partial charge in [0.2, 0.25) is 0 Å². The number of ketones is 2. The molecule has 0 saturated carbocycles. The van der Waals surface area contributed by atoms with E-state index >= 15 is 0 Å². The van der Waals surface area contributed by atoms with Gasteiger partial charge in [-0.05, 0) is 146 Å². The zero-order valence-corrected chi connectivity index (χ0v) is 58.1. The molecule has 3 aliphatic rings. The van der Waals surface area contributed by atoms with Crippen LogP contribution in [-0.4, -0.2) is 161 Å². The maximum Gasteiger partial charge on any atom is 0.410 e. The van der Waals surface area contributed by atoms with Crippen LogP contribution in [0.3, 0.4) is 0 Å². The number of carbonyl (C=O) groups excluding carboxylic acids is 5. The Morgan fingerprint density at radius 1 is 0.526 bits per heavy atom. The van der Waals surface area contributed by atoms with Crippen LogP contribution in [-0.2, 0) is 62.2 Å². The van der Waals surface area contributed by atoms with Crippen molar-refractivity contribution in [2.75, 3.05) is 64.8 Å². The number of aromatic nitrogens is 8. The highest BCUT2D eigenvalue weighted by molar-refractivity contribution is 6.67. The number of nitrogen functional groups attached to an aromatic ring is 1. The van der Waals surface area contributed by atoms with E-state index in [-0.39, 0.29) is 47.8 Å². The van der Waals surface area contributed by atoms with Gasteiger partial charge in [-0.3, -0.25) is 34.8 Å². The highest BCUT2D eigenvalue weighted by Crippen LogP contribution is 2.28. The van der Waals surface area contributed by atoms with Gasteiger partial charge in [0.25, 0.3) is 5.24 Å². The average Bonchev–Trinajstić information content (AvgIpc) is 1.73. The second-order valence-corrected chi connectivity index (χ2v) is 25.5. The molecule has 95 heavy (non-hydrogen) atoms. The smallest absolute Gasteiger partial charge is 0.410 e. The Morgan fingerprint density at radius 2 is 0.863 bits per heavy atom. The van der Waals surface area contributed by atoms with E-state index in [1.165, 1.54) is 0 Å². The van der Waals surface area contributed by atoms with Gasteiger partial charge in [0.1, 0.15) is 40.5 Å². The van der Waals surface area contributed by atoms with E-state index < -0.39 is 22.4 Å². The van der Waals surface area contributed by atoms with Crippen molar-refractivity contribution >= 4 is 52.3 Å². The zero-order chi connectivity index (χ0) is 69.7. The minimum Gasteiger partial charge on any atom is -0.476 e. The number of carbonyl (C=O) groups is 6. The summed E-state index contributed by atoms with van der Waals surface area (Å²) in [5.41, 5.74) is 19.4. The van der Waals surface area contributed by atoms with Crippen LogP contribution < -0.4 is 11.1 Å². The van der Waals surface area contributed by atoms with Gasteiger partial charge in [0.05, 0.1) is 39.0 Å². The van der Waals surface area contributed by atoms with E-state index in [2.05, 4.69) is 65.2 Å². The Bertz CT molecular complexity index is 3590. The molecule has 8 N–H and O–H groups in total. The fourth-order valence-corrected chi connectivity index (χ4v) is 10.7. The average molecular weight is 1330 g/mol. The number of benzene rings is 3. The predicted octanol–water partition coefficient (Wildman–Crippen LogP) is 11.6. The van der Waals surface area contributed by atoms with Crippen molar-refractivity contribution in [3.05, 3.63) is 168 Å². The summed E-state index contributed by atoms with van der Waals surface area (Å²) in [4.78, 5) is 74.0. The lowest BCUT2D eigenvalue weighted by Crippen LogP contribution is -2.44. The molecule has 3 unspecified atom stereocenters. The van der Waals surface area contributed by atoms with Gasteiger partial charge in [-0.25, -0.2) is 14.4 Å². The van der Waals surface area contributed by atoms with Crippen LogP contribution in [0.25, 0.3) is 0 Å². The van der Waals surface area contributed by atoms with Gasteiger partial charge in [-0.15, -0.1) is 0 Å². The van der Waals surface area contributed by atoms with E-state index in [1.807, 2.05) is 144 Å². The molecule has 3 aromatic carbocycles. The molecule has 4 aromatic heterocycles. The van der Waals surface area contributed by atoms with Crippen LogP contribution in [0.1, 0.15) is 202 Å². The monoisotopic (exact) mass is 1330 g/mol. The van der Waals surface area contributed by atoms with Crippen molar-refractivity contribution in [2.45, 2.75) is 165 Å². The van der Waals surface area contributed by atoms with Crippen LogP contribution in [0.15, 0.2) is 72.8 Å². The normalized spacial score (nSPS) is 16.3. The maximum atomic E-state index is 12.6. The van der Waals surface area contributed by atoms with Crippen molar-refractivity contribution in [3.8, 4) is 0 Å². The number of aromatic carboxylic acids is 1. The summed E-state index contributed by atoms with van der Waals surface area (Å²) in [6, 6.07) is 23.4. The first kappa shape index (κ1) is 75.5. The van der Waals surface area contributed by atoms with E-state index in [0.717, 1.165) is 118 Å². The Balaban J connectivity index is 0.000000197. The number of aryl methyl sites for hydroxylation is 4. The molecule has 0 bridgehead atoms. The molecule has 3 saturated heterocycles. The summed E-state index contributed by atoms with van der Waals surface area (Å²) in [6.45, 7) is 32.1. The molecule has 0 spiro atoms. The van der Waals surface area contributed by atoms with Gasteiger partial charge in [-0.2, -0.15) is 20.4 Å². The fourth-order valence-electron chi connectivity index (χ4n) is 10.5. The largest absolute Gasteiger partial charge is 0.476 e. The minimum absolute atomic E-state index is 0.00113. The van der Waals surface area contributed by atoms with Crippen molar-refractivity contribution in [1.82, 2.24) is 55.9 Å². The lowest BCUT2D eigenvalue weighted by molar-refractivity contribution is -0.0434. The number of amides is 2. The number of hydrogen-bond acceptors (Lipinski definition) is 17. The van der Waals surface area contributed by atoms with Gasteiger partial charge < -0.3 is 49.6 Å². The number of halogens is 1. The zero-order valence-electron chi connectivity index (χ0n) is 57.3. The molecule has 0 aliphatic carbocycles. The molecule has 3 atom stereocenters. The number of nitrogens with two attached hydrogens (primary N) is 1. The van der Waals surface area contributed by atoms with Crippen molar-refractivity contribution < 1.29 is 57.6 Å². The number of morpholine rings is 3. The third-order valence-corrected chi connectivity index (χ3v) is 16.1. The number of hydrogen-bond donors (Lipinski definition) is 7. The molecule has 0 radical (unpaired) electrons. The second-order valence-electron chi connectivity index (χ2n) is 25.2. The summed E-state index contributed by atoms with van der Waals surface area (Å²) < 4.78 is 28.2. The Hall–Kier alpha value is -8.55. The Kier molecular flexibility index (Phi) is 28.0. The summed E-state index contributed by atoms with van der Waals surface area (Å²) in [6.07, 6.45) is 3.13. The number of nitrogens with one attached hydrogen (secondary N) is 5. The Morgan fingerprint density at radius 3 is 1.18 bits per heavy atom.